The Bertz CT molecular complexity index is 695. The van der Waals surface area contributed by atoms with Gasteiger partial charge >= 0.3 is 5.76 Å². The number of fused-ring (bicyclic) bond motifs is 1. The van der Waals surface area contributed by atoms with E-state index in [-0.39, 0.29) is 17.7 Å². The van der Waals surface area contributed by atoms with Gasteiger partial charge < -0.3 is 15.1 Å². The van der Waals surface area contributed by atoms with Crippen molar-refractivity contribution in [2.45, 2.75) is 25.4 Å². The van der Waals surface area contributed by atoms with Crippen LogP contribution in [-0.4, -0.2) is 23.1 Å². The van der Waals surface area contributed by atoms with E-state index in [0.717, 1.165) is 30.5 Å². The summed E-state index contributed by atoms with van der Waals surface area (Å²) >= 11 is 0. The molecule has 1 aromatic heterocycles. The predicted molar refractivity (Wildman–Crippen MR) is 74.3 cm³/mol. The van der Waals surface area contributed by atoms with Crippen LogP contribution in [0, 0.1) is 0 Å². The van der Waals surface area contributed by atoms with Crippen LogP contribution in [0.15, 0.2) is 27.4 Å². The Hall–Kier alpha value is -2.08. The molecule has 20 heavy (non-hydrogen) atoms. The molecule has 1 aliphatic heterocycles. The van der Waals surface area contributed by atoms with E-state index >= 15 is 0 Å². The van der Waals surface area contributed by atoms with E-state index in [1.54, 1.807) is 13.1 Å². The zero-order valence-corrected chi connectivity index (χ0v) is 11.3. The fraction of sp³-hybridized carbons (Fsp3) is 0.429. The highest BCUT2D eigenvalue weighted by Crippen LogP contribution is 2.14. The maximum Gasteiger partial charge on any atom is 0.419 e. The molecule has 3 rings (SSSR count). The SMILES string of the molecule is Cn1c(=O)oc2ccc(CNC(=O)C3CCCN3)cc21. The van der Waals surface area contributed by atoms with Crippen LogP contribution in [-0.2, 0) is 18.4 Å². The molecule has 106 valence electrons. The van der Waals surface area contributed by atoms with Gasteiger partial charge in [-0.1, -0.05) is 6.07 Å². The van der Waals surface area contributed by atoms with Crippen molar-refractivity contribution in [1.82, 2.24) is 15.2 Å². The Morgan fingerprint density at radius 3 is 3.15 bits per heavy atom. The lowest BCUT2D eigenvalue weighted by molar-refractivity contribution is -0.122. The van der Waals surface area contributed by atoms with Gasteiger partial charge in [-0.2, -0.15) is 0 Å². The van der Waals surface area contributed by atoms with Crippen molar-refractivity contribution in [3.63, 3.8) is 0 Å². The van der Waals surface area contributed by atoms with Crippen LogP contribution in [0.5, 0.6) is 0 Å². The summed E-state index contributed by atoms with van der Waals surface area (Å²) in [4.78, 5) is 23.3. The molecule has 1 atom stereocenters. The number of carbonyl (C=O) groups excluding carboxylic acids is 1. The Morgan fingerprint density at radius 1 is 1.55 bits per heavy atom. The molecular formula is C14H17N3O3. The molecule has 2 N–H and O–H groups in total. The highest BCUT2D eigenvalue weighted by Gasteiger charge is 2.21. The number of amides is 1. The summed E-state index contributed by atoms with van der Waals surface area (Å²) in [5.74, 6) is -0.347. The second kappa shape index (κ2) is 5.13. The maximum absolute atomic E-state index is 11.9. The first-order valence-corrected chi connectivity index (χ1v) is 6.75. The van der Waals surface area contributed by atoms with Gasteiger partial charge in [0.2, 0.25) is 5.91 Å². The van der Waals surface area contributed by atoms with Crippen molar-refractivity contribution in [1.29, 1.82) is 0 Å². The molecule has 0 spiro atoms. The Morgan fingerprint density at radius 2 is 2.40 bits per heavy atom. The number of benzene rings is 1. The number of hydrogen-bond acceptors (Lipinski definition) is 4. The minimum atomic E-state index is -0.378. The third kappa shape index (κ3) is 2.34. The van der Waals surface area contributed by atoms with E-state index in [1.807, 2.05) is 12.1 Å². The smallest absolute Gasteiger partial charge is 0.408 e. The molecule has 1 aliphatic rings. The number of nitrogens with zero attached hydrogens (tertiary/aromatic N) is 1. The lowest BCUT2D eigenvalue weighted by Gasteiger charge is -2.11. The molecular weight excluding hydrogens is 258 g/mol. The van der Waals surface area contributed by atoms with Crippen LogP contribution in [0.4, 0.5) is 0 Å². The van der Waals surface area contributed by atoms with Gasteiger partial charge in [-0.05, 0) is 37.1 Å². The molecule has 6 heteroatoms. The topological polar surface area (TPSA) is 76.3 Å². The third-order valence-electron chi connectivity index (χ3n) is 3.70. The minimum absolute atomic E-state index is 0.0312. The van der Waals surface area contributed by atoms with Crippen LogP contribution in [0.2, 0.25) is 0 Å². The predicted octanol–water partition coefficient (Wildman–Crippen LogP) is 0.500. The molecule has 0 saturated carbocycles. The van der Waals surface area contributed by atoms with E-state index in [0.29, 0.717) is 12.1 Å². The lowest BCUT2D eigenvalue weighted by atomic mass is 10.2. The molecule has 2 heterocycles. The van der Waals surface area contributed by atoms with Crippen LogP contribution >= 0.6 is 0 Å². The van der Waals surface area contributed by atoms with E-state index in [1.165, 1.54) is 4.57 Å². The van der Waals surface area contributed by atoms with Gasteiger partial charge in [-0.25, -0.2) is 4.79 Å². The summed E-state index contributed by atoms with van der Waals surface area (Å²) in [6, 6.07) is 5.40. The first-order valence-electron chi connectivity index (χ1n) is 6.75. The van der Waals surface area contributed by atoms with Gasteiger partial charge in [0.1, 0.15) is 0 Å². The monoisotopic (exact) mass is 275 g/mol. The van der Waals surface area contributed by atoms with Gasteiger partial charge in [0.05, 0.1) is 11.6 Å². The molecule has 1 aromatic carbocycles. The van der Waals surface area contributed by atoms with E-state index in [9.17, 15) is 9.59 Å². The summed E-state index contributed by atoms with van der Waals surface area (Å²) < 4.78 is 6.53. The molecule has 1 saturated heterocycles. The number of carbonyl (C=O) groups is 1. The highest BCUT2D eigenvalue weighted by atomic mass is 16.4. The van der Waals surface area contributed by atoms with Crippen LogP contribution < -0.4 is 16.4 Å². The molecule has 1 unspecified atom stereocenters. The number of aryl methyl sites for hydroxylation is 1. The third-order valence-corrected chi connectivity index (χ3v) is 3.70. The Labute approximate surface area is 115 Å². The van der Waals surface area contributed by atoms with Crippen molar-refractivity contribution < 1.29 is 9.21 Å². The maximum atomic E-state index is 11.9. The second-order valence-corrected chi connectivity index (χ2v) is 5.10. The summed E-state index contributed by atoms with van der Waals surface area (Å²) in [5, 5.41) is 6.07. The first-order chi connectivity index (χ1) is 9.65. The molecule has 2 aromatic rings. The van der Waals surface area contributed by atoms with E-state index in [2.05, 4.69) is 10.6 Å². The first kappa shape index (κ1) is 12.9. The summed E-state index contributed by atoms with van der Waals surface area (Å²) in [5.41, 5.74) is 2.24. The minimum Gasteiger partial charge on any atom is -0.408 e. The quantitative estimate of drug-likeness (QED) is 0.855. The Balaban J connectivity index is 1.72. The van der Waals surface area contributed by atoms with E-state index in [4.69, 9.17) is 4.42 Å². The average molecular weight is 275 g/mol. The largest absolute Gasteiger partial charge is 0.419 e. The van der Waals surface area contributed by atoms with Crippen molar-refractivity contribution in [3.05, 3.63) is 34.3 Å². The van der Waals surface area contributed by atoms with Gasteiger partial charge in [0.15, 0.2) is 5.58 Å². The van der Waals surface area contributed by atoms with Gasteiger partial charge in [0, 0.05) is 13.6 Å². The number of rotatable bonds is 3. The number of hydrogen-bond donors (Lipinski definition) is 2. The summed E-state index contributed by atoms with van der Waals surface area (Å²) in [6.07, 6.45) is 1.93. The van der Waals surface area contributed by atoms with Crippen molar-refractivity contribution in [2.24, 2.45) is 7.05 Å². The van der Waals surface area contributed by atoms with Gasteiger partial charge in [0.25, 0.3) is 0 Å². The number of oxazole rings is 1. The second-order valence-electron chi connectivity index (χ2n) is 5.10. The normalized spacial score (nSPS) is 18.6. The fourth-order valence-electron chi connectivity index (χ4n) is 2.50. The zero-order chi connectivity index (χ0) is 14.1. The fourth-order valence-corrected chi connectivity index (χ4v) is 2.50. The Kier molecular flexibility index (Phi) is 3.31. The summed E-state index contributed by atoms with van der Waals surface area (Å²) in [6.45, 7) is 1.35. The molecule has 6 nitrogen and oxygen atoms in total. The van der Waals surface area contributed by atoms with Crippen LogP contribution in [0.1, 0.15) is 18.4 Å². The molecule has 0 bridgehead atoms. The van der Waals surface area contributed by atoms with E-state index < -0.39 is 0 Å². The van der Waals surface area contributed by atoms with Crippen molar-refractivity contribution >= 4 is 17.0 Å². The number of aromatic nitrogens is 1. The molecule has 0 aliphatic carbocycles. The average Bonchev–Trinajstić information content (AvgIpc) is 3.07. The standard InChI is InChI=1S/C14H17N3O3/c1-17-11-7-9(4-5-12(11)20-14(17)19)8-16-13(18)10-3-2-6-15-10/h4-5,7,10,15H,2-3,6,8H2,1H3,(H,16,18). The van der Waals surface area contributed by atoms with Crippen molar-refractivity contribution in [3.8, 4) is 0 Å². The van der Waals surface area contributed by atoms with Gasteiger partial charge in [-0.15, -0.1) is 0 Å². The zero-order valence-electron chi connectivity index (χ0n) is 11.3. The summed E-state index contributed by atoms with van der Waals surface area (Å²) in [7, 11) is 1.67. The van der Waals surface area contributed by atoms with Crippen LogP contribution in [0.25, 0.3) is 11.1 Å². The molecule has 0 radical (unpaired) electrons. The molecule has 1 fully saturated rings. The molecule has 1 amide bonds. The lowest BCUT2D eigenvalue weighted by Crippen LogP contribution is -2.39. The van der Waals surface area contributed by atoms with Crippen molar-refractivity contribution in [2.75, 3.05) is 6.54 Å². The van der Waals surface area contributed by atoms with Crippen LogP contribution in [0.3, 0.4) is 0 Å². The highest BCUT2D eigenvalue weighted by molar-refractivity contribution is 5.82. The van der Waals surface area contributed by atoms with Gasteiger partial charge in [-0.3, -0.25) is 9.36 Å². The number of nitrogens with one attached hydrogen (secondary N) is 2.